The molecular formula is C71H113F5N12O12. The molecule has 2 unspecified atom stereocenters. The smallest absolute Gasteiger partial charge is 0.343 e. The molecule has 0 aromatic carbocycles. The van der Waals surface area contributed by atoms with Crippen LogP contribution in [0.25, 0.3) is 0 Å². The maximum Gasteiger partial charge on any atom is 0.397 e. The summed E-state index contributed by atoms with van der Waals surface area (Å²) in [5, 5.41) is 8.60. The summed E-state index contributed by atoms with van der Waals surface area (Å²) in [4.78, 5) is 190. The first-order valence-electron chi connectivity index (χ1n) is 36.9. The second-order valence-electron chi connectivity index (χ2n) is 30.1. The second kappa shape index (κ2) is 35.9. The van der Waals surface area contributed by atoms with Crippen molar-refractivity contribution in [2.75, 3.05) is 88.6 Å². The Morgan fingerprint density at radius 3 is 1.73 bits per heavy atom. The van der Waals surface area contributed by atoms with Gasteiger partial charge in [0, 0.05) is 69.0 Å². The van der Waals surface area contributed by atoms with Gasteiger partial charge in [-0.15, -0.1) is 0 Å². The van der Waals surface area contributed by atoms with E-state index < -0.39 is 200 Å². The number of likely N-dealkylation sites (tertiary alicyclic amines) is 1. The van der Waals surface area contributed by atoms with Gasteiger partial charge in [-0.3, -0.25) is 57.5 Å². The maximum absolute atomic E-state index is 15.7. The van der Waals surface area contributed by atoms with Crippen LogP contribution in [0, 0.1) is 29.6 Å². The molecule has 4 saturated carbocycles. The van der Waals surface area contributed by atoms with Gasteiger partial charge in [0.25, 0.3) is 0 Å². The number of alkyl halides is 5. The van der Waals surface area contributed by atoms with Crippen LogP contribution in [0.3, 0.4) is 0 Å². The molecule has 0 aromatic rings. The van der Waals surface area contributed by atoms with Crippen LogP contribution in [0.2, 0.25) is 0 Å². The fourth-order valence-electron chi connectivity index (χ4n) is 16.6. The van der Waals surface area contributed by atoms with Crippen molar-refractivity contribution in [2.45, 2.75) is 260 Å². The monoisotopic (exact) mass is 1420 g/mol. The normalized spacial score (nSPS) is 30.7. The van der Waals surface area contributed by atoms with Crippen LogP contribution in [0.4, 0.5) is 22.0 Å². The molecule has 3 heterocycles. The van der Waals surface area contributed by atoms with Crippen LogP contribution in [0.5, 0.6) is 0 Å². The van der Waals surface area contributed by atoms with E-state index >= 15 is 28.0 Å². The average molecular weight is 1420 g/mol. The van der Waals surface area contributed by atoms with Crippen molar-refractivity contribution in [2.24, 2.45) is 29.6 Å². The third-order valence-corrected chi connectivity index (χ3v) is 23.0. The molecule has 4 aliphatic carbocycles. The van der Waals surface area contributed by atoms with Crippen LogP contribution in [0.1, 0.15) is 194 Å². The Bertz CT molecular complexity index is 2890. The van der Waals surface area contributed by atoms with Gasteiger partial charge in [0.05, 0.1) is 26.1 Å². The summed E-state index contributed by atoms with van der Waals surface area (Å²) in [6, 6.07) is -8.94. The van der Waals surface area contributed by atoms with E-state index in [9.17, 15) is 51.5 Å². The van der Waals surface area contributed by atoms with Crippen molar-refractivity contribution in [3.05, 3.63) is 0 Å². The number of nitrogens with one attached hydrogen (secondary N) is 3. The lowest BCUT2D eigenvalue weighted by Crippen LogP contribution is -2.65. The first-order chi connectivity index (χ1) is 47.2. The predicted octanol–water partition coefficient (Wildman–Crippen LogP) is 5.53. The van der Waals surface area contributed by atoms with E-state index in [4.69, 9.17) is 0 Å². The van der Waals surface area contributed by atoms with Gasteiger partial charge >= 0.3 is 6.18 Å². The fourth-order valence-corrected chi connectivity index (χ4v) is 16.6. The van der Waals surface area contributed by atoms with Gasteiger partial charge in [-0.25, -0.2) is 8.78 Å². The summed E-state index contributed by atoms with van der Waals surface area (Å²) >= 11 is 0. The second-order valence-corrected chi connectivity index (χ2v) is 30.1. The summed E-state index contributed by atoms with van der Waals surface area (Å²) in [5.74, 6) is -12.8. The fraction of sp³-hybridized carbons (Fsp3) is 0.831. The minimum atomic E-state index is -5.15. The summed E-state index contributed by atoms with van der Waals surface area (Å²) in [7, 11) is 9.83. The lowest BCUT2D eigenvalue weighted by Gasteiger charge is -2.43. The molecule has 7 fully saturated rings. The van der Waals surface area contributed by atoms with Gasteiger partial charge in [-0.2, -0.15) is 13.2 Å². The molecule has 1 spiro atoms. The third kappa shape index (κ3) is 19.7. The summed E-state index contributed by atoms with van der Waals surface area (Å²) < 4.78 is 72.2. The van der Waals surface area contributed by atoms with Gasteiger partial charge < -0.3 is 60.0 Å². The Labute approximate surface area is 586 Å². The highest BCUT2D eigenvalue weighted by atomic mass is 19.4. The van der Waals surface area contributed by atoms with Crippen molar-refractivity contribution >= 4 is 70.9 Å². The molecule has 3 aliphatic heterocycles. The Balaban J connectivity index is 1.27. The number of hydrogen-bond donors (Lipinski definition) is 3. The summed E-state index contributed by atoms with van der Waals surface area (Å²) in [5.41, 5.74) is -1.61. The number of rotatable bonds is 11. The van der Waals surface area contributed by atoms with Crippen LogP contribution in [-0.2, 0) is 57.5 Å². The number of amides is 12. The van der Waals surface area contributed by atoms with E-state index in [2.05, 4.69) is 16.0 Å². The number of hydrogen-bond acceptors (Lipinski definition) is 12. The van der Waals surface area contributed by atoms with Crippen LogP contribution in [-0.4, -0.2) is 270 Å². The van der Waals surface area contributed by atoms with E-state index in [0.717, 1.165) is 66.1 Å². The highest BCUT2D eigenvalue weighted by Crippen LogP contribution is 2.45. The van der Waals surface area contributed by atoms with Crippen LogP contribution >= 0.6 is 0 Å². The predicted molar refractivity (Wildman–Crippen MR) is 361 cm³/mol. The zero-order valence-electron chi connectivity index (χ0n) is 60.7. The zero-order valence-corrected chi connectivity index (χ0v) is 60.7. The largest absolute Gasteiger partial charge is 0.397 e. The van der Waals surface area contributed by atoms with Crippen molar-refractivity contribution in [1.82, 2.24) is 60.0 Å². The van der Waals surface area contributed by atoms with Gasteiger partial charge in [0.1, 0.15) is 66.1 Å². The standard InChI is InChI=1S/C71H113F5N12O12/c1-11-24-51-62(93)78-60(44(3)12-2)67(98)82(6)42-57(91)80(4)43-58(92)84(8)53(39-45-25-15-13-16-26-45)65(96)81(5)41-55(89)77-50(31-30-46-37-48(72)59(49(73)38-46)71(74,75)76)64(95)88-36-23-29-52(88)63(94)79-70(32-19-20-33-70)69(100)86(10)61(47-27-17-14-18-28-47)68(99)85(9)54(40-56(90)83(51)7)66(97)87-34-21-22-35-87/h44-54,59-61H,11-43H2,1-10H3,(H,77,89)(H,78,93)(H,79,94)/t44-,46?,48?,49?,50-,51-,52-,53-,54-,59?,60-,61-/m0/s1. The van der Waals surface area contributed by atoms with E-state index in [0.29, 0.717) is 64.5 Å². The minimum absolute atomic E-state index is 0.0105. The first kappa shape index (κ1) is 80.6. The summed E-state index contributed by atoms with van der Waals surface area (Å²) in [6.45, 7) is 4.31. The summed E-state index contributed by atoms with van der Waals surface area (Å²) in [6.07, 6.45) is -1.08. The molecule has 24 nitrogen and oxygen atoms in total. The quantitative estimate of drug-likeness (QED) is 0.216. The van der Waals surface area contributed by atoms with E-state index in [1.807, 2.05) is 13.8 Å². The molecule has 12 amide bonds. The van der Waals surface area contributed by atoms with E-state index in [1.165, 1.54) is 73.8 Å². The molecule has 0 radical (unpaired) electrons. The van der Waals surface area contributed by atoms with Crippen molar-refractivity contribution in [3.8, 4) is 0 Å². The third-order valence-electron chi connectivity index (χ3n) is 23.0. The molecular weight excluding hydrogens is 1310 g/mol. The molecule has 7 aliphatic rings. The van der Waals surface area contributed by atoms with E-state index in [1.54, 1.807) is 11.8 Å². The highest BCUT2D eigenvalue weighted by molar-refractivity contribution is 6.00. The van der Waals surface area contributed by atoms with Gasteiger partial charge in [-0.05, 0) is 114 Å². The van der Waals surface area contributed by atoms with Gasteiger partial charge in [0.15, 0.2) is 0 Å². The topological polar surface area (TPSA) is 270 Å². The Hall–Kier alpha value is -6.71. The van der Waals surface area contributed by atoms with E-state index in [-0.39, 0.29) is 63.8 Å². The first-order valence-corrected chi connectivity index (χ1v) is 36.9. The number of likely N-dealkylation sites (N-methyl/N-ethyl adjacent to an activating group) is 7. The number of fused-ring (bicyclic) bond motifs is 1. The SMILES string of the molecule is CCC[C@H]1C(=O)N[C@@H]([C@@H](C)CC)C(=O)N(C)CC(=O)N(C)CC(=O)N(C)[C@@H](CC2CCCCC2)C(=O)N(C)CC(=O)N[C@@H](CCC2CC(F)C(C(F)(F)F)C(F)C2)C(=O)N2CCC[C@H]2C(=O)NC2(CCCC2)C(=O)N(C)[C@@H](C2CCCCC2)C(=O)N(C)[C@H](C(=O)N2CCCC2)CC(=O)N1C. The molecule has 29 heteroatoms. The van der Waals surface area contributed by atoms with Gasteiger partial charge in [0.2, 0.25) is 70.9 Å². The number of carbonyl (C=O) groups is 12. The molecule has 564 valence electrons. The lowest BCUT2D eigenvalue weighted by atomic mass is 9.76. The zero-order chi connectivity index (χ0) is 73.7. The Kier molecular flexibility index (Phi) is 29.0. The number of nitrogens with zero attached hydrogens (tertiary/aromatic N) is 9. The lowest BCUT2D eigenvalue weighted by molar-refractivity contribution is -0.219. The molecule has 7 rings (SSSR count). The number of carbonyl (C=O) groups excluding carboxylic acids is 12. The molecule has 100 heavy (non-hydrogen) atoms. The minimum Gasteiger partial charge on any atom is -0.343 e. The van der Waals surface area contributed by atoms with Crippen LogP contribution in [0.15, 0.2) is 0 Å². The molecule has 3 saturated heterocycles. The van der Waals surface area contributed by atoms with Gasteiger partial charge in [-0.1, -0.05) is 97.8 Å². The maximum atomic E-state index is 15.7. The highest BCUT2D eigenvalue weighted by Gasteiger charge is 2.55. The Morgan fingerprint density at radius 1 is 0.560 bits per heavy atom. The van der Waals surface area contributed by atoms with Crippen molar-refractivity contribution in [1.29, 1.82) is 0 Å². The number of halogens is 5. The van der Waals surface area contributed by atoms with Crippen molar-refractivity contribution in [3.63, 3.8) is 0 Å². The Morgan fingerprint density at radius 2 is 1.14 bits per heavy atom. The molecule has 0 aromatic heterocycles. The molecule has 0 bridgehead atoms. The van der Waals surface area contributed by atoms with Crippen molar-refractivity contribution < 1.29 is 79.5 Å². The molecule has 3 N–H and O–H groups in total. The average Bonchev–Trinajstić information content (AvgIpc) is 1.45. The molecule has 10 atom stereocenters. The van der Waals surface area contributed by atoms with Crippen LogP contribution < -0.4 is 16.0 Å².